The lowest BCUT2D eigenvalue weighted by molar-refractivity contribution is -0.900. The van der Waals surface area contributed by atoms with E-state index < -0.39 is 0 Å². The SMILES string of the molecule is CCc1ccc(NC(=O)C[NH+]2CCC3(CC2)OCCO3)cc1. The molecule has 2 aliphatic rings. The van der Waals surface area contributed by atoms with Crippen LogP contribution >= 0.6 is 0 Å². The highest BCUT2D eigenvalue weighted by atomic mass is 16.7. The number of piperidine rings is 1. The van der Waals surface area contributed by atoms with Gasteiger partial charge in [-0.3, -0.25) is 4.79 Å². The van der Waals surface area contributed by atoms with E-state index >= 15 is 0 Å². The van der Waals surface area contributed by atoms with Crippen molar-refractivity contribution in [3.63, 3.8) is 0 Å². The molecular weight excluding hydrogens is 280 g/mol. The van der Waals surface area contributed by atoms with E-state index in [1.54, 1.807) is 0 Å². The number of aryl methyl sites for hydroxylation is 1. The van der Waals surface area contributed by atoms with Crippen molar-refractivity contribution < 1.29 is 19.2 Å². The monoisotopic (exact) mass is 305 g/mol. The van der Waals surface area contributed by atoms with E-state index in [-0.39, 0.29) is 11.7 Å². The van der Waals surface area contributed by atoms with Crippen LogP contribution in [0.2, 0.25) is 0 Å². The number of carbonyl (C=O) groups is 1. The molecule has 2 aliphatic heterocycles. The summed E-state index contributed by atoms with van der Waals surface area (Å²) in [5.41, 5.74) is 2.15. The molecule has 0 bridgehead atoms. The van der Waals surface area contributed by atoms with Crippen LogP contribution < -0.4 is 10.2 Å². The van der Waals surface area contributed by atoms with Crippen LogP contribution in [0.5, 0.6) is 0 Å². The number of hydrogen-bond donors (Lipinski definition) is 2. The van der Waals surface area contributed by atoms with Gasteiger partial charge in [-0.2, -0.15) is 0 Å². The van der Waals surface area contributed by atoms with Crippen molar-refractivity contribution >= 4 is 11.6 Å². The number of ether oxygens (including phenoxy) is 2. The Bertz CT molecular complexity index is 499. The molecule has 0 atom stereocenters. The van der Waals surface area contributed by atoms with Gasteiger partial charge in [-0.25, -0.2) is 0 Å². The van der Waals surface area contributed by atoms with Crippen molar-refractivity contribution in [2.24, 2.45) is 0 Å². The van der Waals surface area contributed by atoms with Gasteiger partial charge in [-0.1, -0.05) is 19.1 Å². The van der Waals surface area contributed by atoms with Gasteiger partial charge < -0.3 is 19.7 Å². The molecule has 2 N–H and O–H groups in total. The van der Waals surface area contributed by atoms with Crippen molar-refractivity contribution in [1.82, 2.24) is 0 Å². The summed E-state index contributed by atoms with van der Waals surface area (Å²) in [5, 5.41) is 2.98. The van der Waals surface area contributed by atoms with Gasteiger partial charge in [-0.05, 0) is 24.1 Å². The summed E-state index contributed by atoms with van der Waals surface area (Å²) >= 11 is 0. The number of quaternary nitrogens is 1. The highest BCUT2D eigenvalue weighted by Crippen LogP contribution is 2.27. The first kappa shape index (κ1) is 15.5. The second kappa shape index (κ2) is 6.77. The standard InChI is InChI=1S/C17H24N2O3/c1-2-14-3-5-15(6-4-14)18-16(20)13-19-9-7-17(8-10-19)21-11-12-22-17/h3-6H,2,7-13H2,1H3,(H,18,20)/p+1. The Balaban J connectivity index is 1.45. The molecule has 0 unspecified atom stereocenters. The third-order valence-electron chi connectivity index (χ3n) is 4.59. The number of hydrogen-bond acceptors (Lipinski definition) is 3. The van der Waals surface area contributed by atoms with E-state index in [1.807, 2.05) is 12.1 Å². The van der Waals surface area contributed by atoms with Crippen LogP contribution in [0, 0.1) is 0 Å². The van der Waals surface area contributed by atoms with Crippen LogP contribution in [0.4, 0.5) is 5.69 Å². The fraction of sp³-hybridized carbons (Fsp3) is 0.588. The van der Waals surface area contributed by atoms with Gasteiger partial charge in [0, 0.05) is 5.69 Å². The Labute approximate surface area is 131 Å². The average Bonchev–Trinajstić information content (AvgIpc) is 2.99. The van der Waals surface area contributed by atoms with E-state index in [9.17, 15) is 4.79 Å². The molecule has 5 nitrogen and oxygen atoms in total. The Kier molecular flexibility index (Phi) is 4.76. The van der Waals surface area contributed by atoms with Crippen molar-refractivity contribution in [1.29, 1.82) is 0 Å². The molecule has 2 heterocycles. The lowest BCUT2D eigenvalue weighted by atomic mass is 10.0. The van der Waals surface area contributed by atoms with Crippen LogP contribution in [0.3, 0.4) is 0 Å². The van der Waals surface area contributed by atoms with Gasteiger partial charge in [0.15, 0.2) is 12.3 Å². The van der Waals surface area contributed by atoms with E-state index in [1.165, 1.54) is 10.5 Å². The molecule has 2 saturated heterocycles. The summed E-state index contributed by atoms with van der Waals surface area (Å²) in [4.78, 5) is 13.5. The molecule has 1 aromatic carbocycles. The minimum atomic E-state index is -0.351. The van der Waals surface area contributed by atoms with Crippen molar-refractivity contribution in [2.45, 2.75) is 32.0 Å². The molecule has 5 heteroatoms. The lowest BCUT2D eigenvalue weighted by Crippen LogP contribution is -3.14. The van der Waals surface area contributed by atoms with Crippen LogP contribution in [0.15, 0.2) is 24.3 Å². The van der Waals surface area contributed by atoms with Gasteiger partial charge in [0.2, 0.25) is 0 Å². The molecule has 1 spiro atoms. The van der Waals surface area contributed by atoms with E-state index in [2.05, 4.69) is 24.4 Å². The number of anilines is 1. The molecule has 0 aromatic heterocycles. The Morgan fingerprint density at radius 3 is 2.41 bits per heavy atom. The molecule has 0 aliphatic carbocycles. The number of nitrogens with one attached hydrogen (secondary N) is 2. The quantitative estimate of drug-likeness (QED) is 0.857. The molecular formula is C17H25N2O3+. The Morgan fingerprint density at radius 1 is 1.18 bits per heavy atom. The summed E-state index contributed by atoms with van der Waals surface area (Å²) in [5.74, 6) is -0.279. The van der Waals surface area contributed by atoms with Crippen molar-refractivity contribution in [3.05, 3.63) is 29.8 Å². The maximum Gasteiger partial charge on any atom is 0.279 e. The molecule has 1 amide bonds. The molecule has 0 saturated carbocycles. The first-order chi connectivity index (χ1) is 10.7. The number of benzene rings is 1. The maximum atomic E-state index is 12.2. The predicted octanol–water partition coefficient (Wildman–Crippen LogP) is 0.609. The normalized spacial score (nSPS) is 21.1. The zero-order chi connectivity index (χ0) is 15.4. The largest absolute Gasteiger partial charge is 0.347 e. The summed E-state index contributed by atoms with van der Waals surface area (Å²) in [6, 6.07) is 8.05. The van der Waals surface area contributed by atoms with Gasteiger partial charge in [0.1, 0.15) is 0 Å². The van der Waals surface area contributed by atoms with Gasteiger partial charge in [0.25, 0.3) is 5.91 Å². The maximum absolute atomic E-state index is 12.2. The van der Waals surface area contributed by atoms with Crippen LogP contribution in [-0.4, -0.2) is 44.5 Å². The Hall–Kier alpha value is -1.43. The minimum Gasteiger partial charge on any atom is -0.347 e. The van der Waals surface area contributed by atoms with Gasteiger partial charge >= 0.3 is 0 Å². The number of amides is 1. The summed E-state index contributed by atoms with van der Waals surface area (Å²) in [6.07, 6.45) is 2.76. The summed E-state index contributed by atoms with van der Waals surface area (Å²) in [7, 11) is 0. The zero-order valence-corrected chi connectivity index (χ0v) is 13.2. The highest BCUT2D eigenvalue weighted by Gasteiger charge is 2.41. The van der Waals surface area contributed by atoms with Crippen molar-refractivity contribution in [3.8, 4) is 0 Å². The van der Waals surface area contributed by atoms with E-state index in [0.717, 1.165) is 38.0 Å². The molecule has 2 fully saturated rings. The lowest BCUT2D eigenvalue weighted by Gasteiger charge is -2.34. The second-order valence-electron chi connectivity index (χ2n) is 6.13. The van der Waals surface area contributed by atoms with Crippen LogP contribution in [0.25, 0.3) is 0 Å². The highest BCUT2D eigenvalue weighted by molar-refractivity contribution is 5.91. The first-order valence-electron chi connectivity index (χ1n) is 8.19. The third-order valence-corrected chi connectivity index (χ3v) is 4.59. The summed E-state index contributed by atoms with van der Waals surface area (Å²) in [6.45, 7) is 5.86. The predicted molar refractivity (Wildman–Crippen MR) is 83.9 cm³/mol. The average molecular weight is 305 g/mol. The third kappa shape index (κ3) is 3.66. The number of carbonyl (C=O) groups excluding carboxylic acids is 1. The van der Waals surface area contributed by atoms with Crippen molar-refractivity contribution in [2.75, 3.05) is 38.2 Å². The topological polar surface area (TPSA) is 52.0 Å². The number of likely N-dealkylation sites (tertiary alicyclic amines) is 1. The minimum absolute atomic E-state index is 0.0726. The number of rotatable bonds is 4. The van der Waals surface area contributed by atoms with Gasteiger partial charge in [-0.15, -0.1) is 0 Å². The van der Waals surface area contributed by atoms with Crippen LogP contribution in [-0.2, 0) is 20.7 Å². The Morgan fingerprint density at radius 2 is 1.82 bits per heavy atom. The van der Waals surface area contributed by atoms with Crippen LogP contribution in [0.1, 0.15) is 25.3 Å². The molecule has 0 radical (unpaired) electrons. The molecule has 22 heavy (non-hydrogen) atoms. The summed E-state index contributed by atoms with van der Waals surface area (Å²) < 4.78 is 11.4. The smallest absolute Gasteiger partial charge is 0.279 e. The first-order valence-corrected chi connectivity index (χ1v) is 8.19. The second-order valence-corrected chi connectivity index (χ2v) is 6.13. The van der Waals surface area contributed by atoms with Gasteiger partial charge in [0.05, 0.1) is 39.1 Å². The fourth-order valence-corrected chi connectivity index (χ4v) is 3.20. The molecule has 120 valence electrons. The molecule has 1 aromatic rings. The zero-order valence-electron chi connectivity index (χ0n) is 13.2. The fourth-order valence-electron chi connectivity index (χ4n) is 3.20. The van der Waals surface area contributed by atoms with E-state index in [4.69, 9.17) is 9.47 Å². The molecule has 3 rings (SSSR count). The van der Waals surface area contributed by atoms with E-state index in [0.29, 0.717) is 19.8 Å².